The van der Waals surface area contributed by atoms with Crippen molar-refractivity contribution >= 4 is 17.5 Å². The van der Waals surface area contributed by atoms with E-state index in [1.165, 1.54) is 11.9 Å². The van der Waals surface area contributed by atoms with Gasteiger partial charge in [-0.25, -0.2) is 9.67 Å². The van der Waals surface area contributed by atoms with Crippen LogP contribution in [0.3, 0.4) is 0 Å². The summed E-state index contributed by atoms with van der Waals surface area (Å²) in [6, 6.07) is 7.99. The molecule has 22 heavy (non-hydrogen) atoms. The van der Waals surface area contributed by atoms with Crippen LogP contribution in [0.2, 0.25) is 0 Å². The molecule has 5 nitrogen and oxygen atoms in total. The van der Waals surface area contributed by atoms with Crippen LogP contribution in [0.1, 0.15) is 37.4 Å². The molecule has 0 aliphatic carbocycles. The molecule has 118 valence electrons. The van der Waals surface area contributed by atoms with Crippen LogP contribution in [0.4, 0.5) is 0 Å². The summed E-state index contributed by atoms with van der Waals surface area (Å²) in [5, 5.41) is 6.70. The molecule has 0 fully saturated rings. The van der Waals surface area contributed by atoms with Gasteiger partial charge in [-0.05, 0) is 25.8 Å². The van der Waals surface area contributed by atoms with Crippen molar-refractivity contribution in [3.8, 4) is 0 Å². The molecule has 3 unspecified atom stereocenters. The average Bonchev–Trinajstić information content (AvgIpc) is 3.02. The van der Waals surface area contributed by atoms with Crippen molar-refractivity contribution in [2.75, 3.05) is 0 Å². The number of benzene rings is 1. The summed E-state index contributed by atoms with van der Waals surface area (Å²) in [5.41, 5.74) is 2.26. The van der Waals surface area contributed by atoms with E-state index in [9.17, 15) is 4.79 Å². The predicted molar refractivity (Wildman–Crippen MR) is 86.9 cm³/mol. The van der Waals surface area contributed by atoms with Gasteiger partial charge < -0.3 is 5.32 Å². The first-order valence-electron chi connectivity index (χ1n) is 7.38. The number of aromatic nitrogens is 3. The van der Waals surface area contributed by atoms with E-state index in [1.807, 2.05) is 13.8 Å². The number of hydrogen-bond donors (Lipinski definition) is 1. The van der Waals surface area contributed by atoms with Crippen molar-refractivity contribution in [3.05, 3.63) is 48.0 Å². The highest BCUT2D eigenvalue weighted by Crippen LogP contribution is 2.24. The van der Waals surface area contributed by atoms with Crippen LogP contribution in [0, 0.1) is 6.92 Å². The number of rotatable bonds is 6. The first kappa shape index (κ1) is 16.5. The minimum absolute atomic E-state index is 0.113. The van der Waals surface area contributed by atoms with Gasteiger partial charge in [0.2, 0.25) is 5.91 Å². The lowest BCUT2D eigenvalue weighted by Gasteiger charge is -2.28. The smallest absolute Gasteiger partial charge is 0.238 e. The summed E-state index contributed by atoms with van der Waals surface area (Å²) >= 11 is 5.88. The van der Waals surface area contributed by atoms with Crippen molar-refractivity contribution in [3.63, 3.8) is 0 Å². The van der Waals surface area contributed by atoms with Gasteiger partial charge in [0.15, 0.2) is 0 Å². The van der Waals surface area contributed by atoms with E-state index in [2.05, 4.69) is 39.7 Å². The van der Waals surface area contributed by atoms with Crippen molar-refractivity contribution in [1.29, 1.82) is 0 Å². The third kappa shape index (κ3) is 3.85. The second-order valence-electron chi connectivity index (χ2n) is 5.37. The van der Waals surface area contributed by atoms with E-state index in [4.69, 9.17) is 11.6 Å². The zero-order chi connectivity index (χ0) is 16.1. The Morgan fingerprint density at radius 1 is 1.36 bits per heavy atom. The highest BCUT2D eigenvalue weighted by atomic mass is 35.5. The average molecular weight is 321 g/mol. The lowest BCUT2D eigenvalue weighted by atomic mass is 9.96. The fourth-order valence-electron chi connectivity index (χ4n) is 2.40. The van der Waals surface area contributed by atoms with Crippen molar-refractivity contribution < 1.29 is 4.79 Å². The monoisotopic (exact) mass is 320 g/mol. The lowest BCUT2D eigenvalue weighted by Crippen LogP contribution is -2.44. The maximum Gasteiger partial charge on any atom is 0.238 e. The number of carbonyl (C=O) groups excluding carboxylic acids is 1. The minimum atomic E-state index is -0.566. The number of hydrogen-bond acceptors (Lipinski definition) is 3. The summed E-state index contributed by atoms with van der Waals surface area (Å²) in [7, 11) is 0. The third-order valence-electron chi connectivity index (χ3n) is 3.65. The second kappa shape index (κ2) is 7.40. The van der Waals surface area contributed by atoms with Gasteiger partial charge in [0.1, 0.15) is 18.0 Å². The van der Waals surface area contributed by atoms with Crippen LogP contribution >= 0.6 is 11.6 Å². The van der Waals surface area contributed by atoms with Crippen molar-refractivity contribution in [1.82, 2.24) is 20.1 Å². The zero-order valence-electron chi connectivity index (χ0n) is 13.0. The first-order chi connectivity index (χ1) is 10.5. The van der Waals surface area contributed by atoms with Crippen LogP contribution in [-0.2, 0) is 4.79 Å². The number of nitrogens with one attached hydrogen (secondary N) is 1. The number of halogens is 1. The minimum Gasteiger partial charge on any atom is -0.350 e. The first-order valence-corrected chi connectivity index (χ1v) is 7.81. The van der Waals surface area contributed by atoms with Crippen LogP contribution in [0.5, 0.6) is 0 Å². The Morgan fingerprint density at radius 3 is 2.55 bits per heavy atom. The fourth-order valence-corrected chi connectivity index (χ4v) is 2.46. The summed E-state index contributed by atoms with van der Waals surface area (Å²) in [4.78, 5) is 16.0. The molecule has 0 aliphatic heterocycles. The van der Waals surface area contributed by atoms with E-state index in [-0.39, 0.29) is 18.0 Å². The molecular weight excluding hydrogens is 300 g/mol. The Kier molecular flexibility index (Phi) is 5.55. The van der Waals surface area contributed by atoms with E-state index < -0.39 is 5.38 Å². The standard InChI is InChI=1S/C16H21ClN4O/c1-4-14(20-16(22)12(3)17)15(21-10-18-9-19-21)13-7-5-11(2)6-8-13/h5-10,12,14-15H,4H2,1-3H3,(H,20,22). The summed E-state index contributed by atoms with van der Waals surface area (Å²) < 4.78 is 1.78. The molecule has 0 saturated carbocycles. The van der Waals surface area contributed by atoms with E-state index in [0.29, 0.717) is 0 Å². The molecule has 0 spiro atoms. The predicted octanol–water partition coefficient (Wildman–Crippen LogP) is 2.70. The molecule has 3 atom stereocenters. The highest BCUT2D eigenvalue weighted by Gasteiger charge is 2.26. The Hall–Kier alpha value is -1.88. The van der Waals surface area contributed by atoms with Crippen LogP contribution in [-0.4, -0.2) is 32.1 Å². The molecule has 1 aromatic carbocycles. The molecule has 1 heterocycles. The zero-order valence-corrected chi connectivity index (χ0v) is 13.8. The van der Waals surface area contributed by atoms with Crippen LogP contribution < -0.4 is 5.32 Å². The molecule has 0 radical (unpaired) electrons. The van der Waals surface area contributed by atoms with Gasteiger partial charge in [-0.2, -0.15) is 5.10 Å². The van der Waals surface area contributed by atoms with Crippen LogP contribution in [0.25, 0.3) is 0 Å². The number of carbonyl (C=O) groups is 1. The molecule has 1 aromatic heterocycles. The van der Waals surface area contributed by atoms with Crippen LogP contribution in [0.15, 0.2) is 36.9 Å². The number of aryl methyl sites for hydroxylation is 1. The van der Waals surface area contributed by atoms with Gasteiger partial charge in [-0.15, -0.1) is 11.6 Å². The molecule has 2 rings (SSSR count). The Morgan fingerprint density at radius 2 is 2.05 bits per heavy atom. The SMILES string of the molecule is CCC(NC(=O)C(C)Cl)C(c1ccc(C)cc1)n1cncn1. The summed E-state index contributed by atoms with van der Waals surface area (Å²) in [5.74, 6) is -0.175. The maximum absolute atomic E-state index is 12.0. The molecular formula is C16H21ClN4O. The normalized spacial score (nSPS) is 15.1. The topological polar surface area (TPSA) is 59.8 Å². The molecule has 0 saturated heterocycles. The second-order valence-corrected chi connectivity index (χ2v) is 6.02. The summed E-state index contributed by atoms with van der Waals surface area (Å²) in [6.07, 6.45) is 3.93. The van der Waals surface area contributed by atoms with Gasteiger partial charge in [-0.1, -0.05) is 36.8 Å². The molecule has 2 aromatic rings. The Balaban J connectivity index is 2.34. The molecule has 0 bridgehead atoms. The van der Waals surface area contributed by atoms with Crippen molar-refractivity contribution in [2.24, 2.45) is 0 Å². The van der Waals surface area contributed by atoms with E-state index >= 15 is 0 Å². The van der Waals surface area contributed by atoms with E-state index in [1.54, 1.807) is 17.9 Å². The molecule has 1 amide bonds. The molecule has 0 aliphatic rings. The Bertz CT molecular complexity index is 595. The maximum atomic E-state index is 12.0. The summed E-state index contributed by atoms with van der Waals surface area (Å²) in [6.45, 7) is 5.74. The van der Waals surface area contributed by atoms with Gasteiger partial charge in [0.05, 0.1) is 12.1 Å². The van der Waals surface area contributed by atoms with E-state index in [0.717, 1.165) is 12.0 Å². The van der Waals surface area contributed by atoms with Crippen molar-refractivity contribution in [2.45, 2.75) is 44.7 Å². The van der Waals surface area contributed by atoms with Gasteiger partial charge >= 0.3 is 0 Å². The lowest BCUT2D eigenvalue weighted by molar-refractivity contribution is -0.121. The number of nitrogens with zero attached hydrogens (tertiary/aromatic N) is 3. The fraction of sp³-hybridized carbons (Fsp3) is 0.438. The Labute approximate surface area is 135 Å². The number of amides is 1. The van der Waals surface area contributed by atoms with Gasteiger partial charge in [0, 0.05) is 0 Å². The number of alkyl halides is 1. The van der Waals surface area contributed by atoms with Gasteiger partial charge in [0.25, 0.3) is 0 Å². The largest absolute Gasteiger partial charge is 0.350 e. The quantitative estimate of drug-likeness (QED) is 0.832. The highest BCUT2D eigenvalue weighted by molar-refractivity contribution is 6.30. The van der Waals surface area contributed by atoms with Gasteiger partial charge in [-0.3, -0.25) is 4.79 Å². The molecule has 1 N–H and O–H groups in total. The molecule has 6 heteroatoms. The third-order valence-corrected chi connectivity index (χ3v) is 3.85.